The predicted molar refractivity (Wildman–Crippen MR) is 127 cm³/mol. The standard InChI is InChI=1S/C23H31F2N5O3S/c1-15-12-18(25)16(13-17(15)24)14-33-21-19(20(26)31)22(34-28-21)27-23(32)29(2)8-6-7-11-30-9-4-3-5-10-30/h12-13H,3-11,14H2,1-2H3,(H2,26,31)(H,27,32). The zero-order valence-corrected chi connectivity index (χ0v) is 20.4. The molecule has 1 aliphatic rings. The molecule has 2 heterocycles. The van der Waals surface area contributed by atoms with E-state index in [0.717, 1.165) is 56.1 Å². The molecule has 3 N–H and O–H groups in total. The molecule has 186 valence electrons. The van der Waals surface area contributed by atoms with E-state index in [1.165, 1.54) is 31.1 Å². The Morgan fingerprint density at radius 1 is 1.21 bits per heavy atom. The van der Waals surface area contributed by atoms with Gasteiger partial charge in [0.25, 0.3) is 5.91 Å². The summed E-state index contributed by atoms with van der Waals surface area (Å²) in [6, 6.07) is 1.70. The van der Waals surface area contributed by atoms with Gasteiger partial charge in [0.05, 0.1) is 0 Å². The number of ether oxygens (including phenoxy) is 1. The van der Waals surface area contributed by atoms with E-state index in [0.29, 0.717) is 6.54 Å². The first-order valence-corrected chi connectivity index (χ1v) is 12.1. The van der Waals surface area contributed by atoms with E-state index in [1.54, 1.807) is 7.05 Å². The van der Waals surface area contributed by atoms with Gasteiger partial charge in [0.2, 0.25) is 5.88 Å². The second-order valence-corrected chi connectivity index (χ2v) is 9.27. The molecule has 1 aliphatic heterocycles. The molecule has 0 spiro atoms. The topological polar surface area (TPSA) is 101 Å². The minimum absolute atomic E-state index is 0.0265. The third-order valence-corrected chi connectivity index (χ3v) is 6.58. The van der Waals surface area contributed by atoms with Crippen molar-refractivity contribution in [2.45, 2.75) is 45.6 Å². The van der Waals surface area contributed by atoms with Gasteiger partial charge in [-0.2, -0.15) is 4.37 Å². The van der Waals surface area contributed by atoms with Gasteiger partial charge in [-0.25, -0.2) is 13.6 Å². The number of nitrogens with zero attached hydrogens (tertiary/aromatic N) is 3. The molecule has 0 unspecified atom stereocenters. The third kappa shape index (κ3) is 6.86. The predicted octanol–water partition coefficient (Wildman–Crippen LogP) is 4.14. The SMILES string of the molecule is Cc1cc(F)c(COc2nsc(NC(=O)N(C)CCCCN3CCCCC3)c2C(N)=O)cc1F. The summed E-state index contributed by atoms with van der Waals surface area (Å²) >= 11 is 0.833. The fraction of sp³-hybridized carbons (Fsp3) is 0.522. The molecule has 0 radical (unpaired) electrons. The van der Waals surface area contributed by atoms with Gasteiger partial charge in [-0.3, -0.25) is 10.1 Å². The van der Waals surface area contributed by atoms with Crippen LogP contribution in [-0.4, -0.2) is 59.3 Å². The lowest BCUT2D eigenvalue weighted by atomic mass is 10.1. The number of likely N-dealkylation sites (tertiary alicyclic amines) is 1. The molecule has 1 saturated heterocycles. The lowest BCUT2D eigenvalue weighted by molar-refractivity contribution is 0.0996. The molecule has 0 atom stereocenters. The van der Waals surface area contributed by atoms with Crippen LogP contribution in [0.15, 0.2) is 12.1 Å². The van der Waals surface area contributed by atoms with Gasteiger partial charge >= 0.3 is 6.03 Å². The van der Waals surface area contributed by atoms with Crippen molar-refractivity contribution in [2.75, 3.05) is 38.5 Å². The summed E-state index contributed by atoms with van der Waals surface area (Å²) in [5.41, 5.74) is 5.51. The molecule has 1 fully saturated rings. The molecule has 0 aliphatic carbocycles. The number of primary amides is 1. The van der Waals surface area contributed by atoms with E-state index in [2.05, 4.69) is 14.6 Å². The number of piperidine rings is 1. The number of halogens is 2. The molecular weight excluding hydrogens is 464 g/mol. The van der Waals surface area contributed by atoms with E-state index in [4.69, 9.17) is 10.5 Å². The number of hydrogen-bond donors (Lipinski definition) is 2. The van der Waals surface area contributed by atoms with Crippen molar-refractivity contribution >= 4 is 28.5 Å². The molecule has 1 aromatic carbocycles. The normalized spacial score (nSPS) is 14.1. The van der Waals surface area contributed by atoms with Crippen molar-refractivity contribution < 1.29 is 23.1 Å². The van der Waals surface area contributed by atoms with Crippen LogP contribution >= 0.6 is 11.5 Å². The summed E-state index contributed by atoms with van der Waals surface area (Å²) in [4.78, 5) is 28.6. The zero-order valence-electron chi connectivity index (χ0n) is 19.5. The maximum Gasteiger partial charge on any atom is 0.322 e. The number of nitrogens with one attached hydrogen (secondary N) is 1. The molecule has 0 bridgehead atoms. The Labute approximate surface area is 202 Å². The highest BCUT2D eigenvalue weighted by molar-refractivity contribution is 7.11. The molecule has 2 aromatic rings. The number of amides is 3. The lowest BCUT2D eigenvalue weighted by Gasteiger charge is -2.26. The maximum atomic E-state index is 14.1. The number of carbonyl (C=O) groups is 2. The van der Waals surface area contributed by atoms with Gasteiger partial charge < -0.3 is 20.3 Å². The largest absolute Gasteiger partial charge is 0.471 e. The van der Waals surface area contributed by atoms with Gasteiger partial charge in [-0.1, -0.05) is 6.42 Å². The number of urea groups is 1. The Morgan fingerprint density at radius 3 is 2.65 bits per heavy atom. The van der Waals surface area contributed by atoms with Crippen molar-refractivity contribution in [3.05, 3.63) is 40.5 Å². The van der Waals surface area contributed by atoms with Crippen LogP contribution in [0.4, 0.5) is 18.6 Å². The van der Waals surface area contributed by atoms with Crippen molar-refractivity contribution in [1.82, 2.24) is 14.2 Å². The molecule has 11 heteroatoms. The molecule has 34 heavy (non-hydrogen) atoms. The van der Waals surface area contributed by atoms with Crippen LogP contribution < -0.4 is 15.8 Å². The summed E-state index contributed by atoms with van der Waals surface area (Å²) in [6.07, 6.45) is 5.67. The Hall–Kier alpha value is -2.79. The quantitative estimate of drug-likeness (QED) is 0.483. The molecular formula is C23H31F2N5O3S. The number of benzene rings is 1. The van der Waals surface area contributed by atoms with Gasteiger partial charge in [0.1, 0.15) is 28.8 Å². The fourth-order valence-electron chi connectivity index (χ4n) is 3.78. The second-order valence-electron chi connectivity index (χ2n) is 8.50. The average molecular weight is 496 g/mol. The number of anilines is 1. The first kappa shape index (κ1) is 25.8. The van der Waals surface area contributed by atoms with Crippen LogP contribution in [0.2, 0.25) is 0 Å². The average Bonchev–Trinajstić information content (AvgIpc) is 3.21. The number of carbonyl (C=O) groups excluding carboxylic acids is 2. The Balaban J connectivity index is 1.54. The first-order valence-electron chi connectivity index (χ1n) is 11.4. The molecule has 1 aromatic heterocycles. The molecule has 3 amide bonds. The van der Waals surface area contributed by atoms with Gasteiger partial charge in [-0.15, -0.1) is 0 Å². The minimum Gasteiger partial charge on any atom is -0.471 e. The Morgan fingerprint density at radius 2 is 1.94 bits per heavy atom. The summed E-state index contributed by atoms with van der Waals surface area (Å²) in [7, 11) is 1.67. The Bertz CT molecular complexity index is 1010. The second kappa shape index (κ2) is 12.1. The summed E-state index contributed by atoms with van der Waals surface area (Å²) < 4.78 is 37.3. The van der Waals surface area contributed by atoms with Crippen LogP contribution in [-0.2, 0) is 6.61 Å². The number of hydrogen-bond acceptors (Lipinski definition) is 6. The van der Waals surface area contributed by atoms with Crippen LogP contribution in [0.3, 0.4) is 0 Å². The highest BCUT2D eigenvalue weighted by Crippen LogP contribution is 2.31. The highest BCUT2D eigenvalue weighted by Gasteiger charge is 2.23. The smallest absolute Gasteiger partial charge is 0.322 e. The van der Waals surface area contributed by atoms with Crippen molar-refractivity contribution in [1.29, 1.82) is 0 Å². The number of nitrogens with two attached hydrogens (primary N) is 1. The zero-order chi connectivity index (χ0) is 24.7. The third-order valence-electron chi connectivity index (χ3n) is 5.83. The Kier molecular flexibility index (Phi) is 9.17. The summed E-state index contributed by atoms with van der Waals surface area (Å²) in [5, 5.41) is 2.79. The van der Waals surface area contributed by atoms with E-state index < -0.39 is 23.6 Å². The minimum atomic E-state index is -0.848. The van der Waals surface area contributed by atoms with Crippen molar-refractivity contribution in [2.24, 2.45) is 5.73 Å². The monoisotopic (exact) mass is 495 g/mol. The first-order chi connectivity index (χ1) is 16.3. The fourth-order valence-corrected chi connectivity index (χ4v) is 4.51. The summed E-state index contributed by atoms with van der Waals surface area (Å²) in [5.74, 6) is -2.19. The van der Waals surface area contributed by atoms with E-state index in [-0.39, 0.29) is 34.2 Å². The van der Waals surface area contributed by atoms with Crippen LogP contribution in [0.1, 0.15) is 53.6 Å². The summed E-state index contributed by atoms with van der Waals surface area (Å²) in [6.45, 7) is 4.99. The lowest BCUT2D eigenvalue weighted by Crippen LogP contribution is -2.34. The number of unbranched alkanes of at least 4 members (excludes halogenated alkanes) is 1. The van der Waals surface area contributed by atoms with Gasteiger partial charge in [0, 0.05) is 19.2 Å². The molecule has 3 rings (SSSR count). The van der Waals surface area contributed by atoms with E-state index >= 15 is 0 Å². The van der Waals surface area contributed by atoms with E-state index in [9.17, 15) is 18.4 Å². The van der Waals surface area contributed by atoms with Gasteiger partial charge in [-0.05, 0) is 81.5 Å². The van der Waals surface area contributed by atoms with Crippen molar-refractivity contribution in [3.8, 4) is 5.88 Å². The number of rotatable bonds is 10. The number of aryl methyl sites for hydroxylation is 1. The van der Waals surface area contributed by atoms with Gasteiger partial charge in [0.15, 0.2) is 0 Å². The van der Waals surface area contributed by atoms with Crippen LogP contribution in [0, 0.1) is 18.6 Å². The molecule has 8 nitrogen and oxygen atoms in total. The number of aromatic nitrogens is 1. The highest BCUT2D eigenvalue weighted by atomic mass is 32.1. The van der Waals surface area contributed by atoms with Crippen LogP contribution in [0.25, 0.3) is 0 Å². The maximum absolute atomic E-state index is 14.1. The van der Waals surface area contributed by atoms with E-state index in [1.807, 2.05) is 0 Å². The van der Waals surface area contributed by atoms with Crippen molar-refractivity contribution in [3.63, 3.8) is 0 Å². The molecule has 0 saturated carbocycles. The van der Waals surface area contributed by atoms with Crippen LogP contribution in [0.5, 0.6) is 5.88 Å².